The Labute approximate surface area is 178 Å². The molecular formula is C21H23FN4O3S. The van der Waals surface area contributed by atoms with Crippen LogP contribution in [0, 0.1) is 11.7 Å². The van der Waals surface area contributed by atoms with Crippen molar-refractivity contribution in [1.82, 2.24) is 15.2 Å². The number of nitrogens with zero attached hydrogens (tertiary/aromatic N) is 2. The molecule has 0 saturated carbocycles. The highest BCUT2D eigenvalue weighted by Crippen LogP contribution is 2.22. The Morgan fingerprint density at radius 3 is 2.57 bits per heavy atom. The Morgan fingerprint density at radius 1 is 1.13 bits per heavy atom. The summed E-state index contributed by atoms with van der Waals surface area (Å²) >= 11 is 1.44. The minimum absolute atomic E-state index is 0.0375. The van der Waals surface area contributed by atoms with Gasteiger partial charge in [-0.3, -0.25) is 14.4 Å². The molecule has 2 aromatic rings. The number of amides is 3. The minimum Gasteiger partial charge on any atom is -0.348 e. The van der Waals surface area contributed by atoms with Crippen LogP contribution in [-0.2, 0) is 9.59 Å². The van der Waals surface area contributed by atoms with Crippen LogP contribution in [-0.4, -0.2) is 53.5 Å². The number of hydrogen-bond donors (Lipinski definition) is 2. The number of nitrogens with one attached hydrogen (secondary N) is 2. The summed E-state index contributed by atoms with van der Waals surface area (Å²) in [5.41, 5.74) is 0.561. The van der Waals surface area contributed by atoms with E-state index in [0.717, 1.165) is 12.8 Å². The number of likely N-dealkylation sites (tertiary alicyclic amines) is 1. The maximum Gasteiger partial charge on any atom is 0.313 e. The molecule has 0 radical (unpaired) electrons. The smallest absolute Gasteiger partial charge is 0.313 e. The molecule has 0 spiro atoms. The van der Waals surface area contributed by atoms with Crippen LogP contribution in [0.4, 0.5) is 10.1 Å². The van der Waals surface area contributed by atoms with Crippen molar-refractivity contribution in [2.75, 3.05) is 31.2 Å². The Kier molecular flexibility index (Phi) is 7.40. The van der Waals surface area contributed by atoms with E-state index in [-0.39, 0.29) is 17.5 Å². The van der Waals surface area contributed by atoms with E-state index in [0.29, 0.717) is 30.2 Å². The van der Waals surface area contributed by atoms with Gasteiger partial charge in [-0.25, -0.2) is 9.37 Å². The van der Waals surface area contributed by atoms with Crippen LogP contribution in [0.1, 0.15) is 23.2 Å². The number of carbonyl (C=O) groups excluding carboxylic acids is 3. The molecule has 3 rings (SSSR count). The first-order valence-corrected chi connectivity index (χ1v) is 10.8. The molecular weight excluding hydrogens is 407 g/mol. The molecule has 0 unspecified atom stereocenters. The fraction of sp³-hybridized carbons (Fsp3) is 0.333. The summed E-state index contributed by atoms with van der Waals surface area (Å²) in [6, 6.07) is 9.19. The van der Waals surface area contributed by atoms with Gasteiger partial charge in [-0.2, -0.15) is 0 Å². The van der Waals surface area contributed by atoms with Gasteiger partial charge in [0.2, 0.25) is 0 Å². The number of hydrogen-bond acceptors (Lipinski definition) is 5. The van der Waals surface area contributed by atoms with Crippen LogP contribution in [0.15, 0.2) is 47.6 Å². The van der Waals surface area contributed by atoms with E-state index in [1.165, 1.54) is 30.0 Å². The molecule has 1 aliphatic rings. The monoisotopic (exact) mass is 430 g/mol. The molecule has 2 heterocycles. The van der Waals surface area contributed by atoms with Gasteiger partial charge in [0, 0.05) is 25.8 Å². The zero-order chi connectivity index (χ0) is 21.5. The summed E-state index contributed by atoms with van der Waals surface area (Å²) in [6.45, 7) is 1.47. The van der Waals surface area contributed by atoms with Crippen molar-refractivity contribution >= 4 is 35.2 Å². The van der Waals surface area contributed by atoms with E-state index in [2.05, 4.69) is 15.6 Å². The van der Waals surface area contributed by atoms with Gasteiger partial charge in [0.15, 0.2) is 0 Å². The number of piperidine rings is 1. The molecule has 1 fully saturated rings. The molecule has 30 heavy (non-hydrogen) atoms. The first kappa shape index (κ1) is 21.8. The number of benzene rings is 1. The SMILES string of the molecule is CSc1ncccc1C(=O)N1CCC(CNC(=O)C(=O)Nc2ccccc2F)CC1. The molecule has 0 bridgehead atoms. The van der Waals surface area contributed by atoms with Gasteiger partial charge >= 0.3 is 11.8 Å². The maximum absolute atomic E-state index is 13.6. The maximum atomic E-state index is 13.6. The lowest BCUT2D eigenvalue weighted by Gasteiger charge is -2.32. The van der Waals surface area contributed by atoms with Gasteiger partial charge in [-0.1, -0.05) is 12.1 Å². The highest BCUT2D eigenvalue weighted by atomic mass is 32.2. The first-order chi connectivity index (χ1) is 14.5. The minimum atomic E-state index is -0.908. The molecule has 1 aromatic carbocycles. The summed E-state index contributed by atoms with van der Waals surface area (Å²) in [5.74, 6) is -2.20. The fourth-order valence-corrected chi connectivity index (χ4v) is 3.83. The quantitative estimate of drug-likeness (QED) is 0.562. The Balaban J connectivity index is 1.45. The van der Waals surface area contributed by atoms with Gasteiger partial charge in [0.05, 0.1) is 11.3 Å². The predicted octanol–water partition coefficient (Wildman–Crippen LogP) is 2.55. The molecule has 3 amide bonds. The Hall–Kier alpha value is -2.94. The second kappa shape index (κ2) is 10.2. The first-order valence-electron chi connectivity index (χ1n) is 9.61. The number of halogens is 1. The second-order valence-corrected chi connectivity index (χ2v) is 7.73. The van der Waals surface area contributed by atoms with E-state index in [9.17, 15) is 18.8 Å². The average molecular weight is 431 g/mol. The molecule has 9 heteroatoms. The number of anilines is 1. The summed E-state index contributed by atoms with van der Waals surface area (Å²) in [5, 5.41) is 5.56. The highest BCUT2D eigenvalue weighted by Gasteiger charge is 2.26. The van der Waals surface area contributed by atoms with E-state index in [4.69, 9.17) is 0 Å². The third-order valence-electron chi connectivity index (χ3n) is 4.98. The van der Waals surface area contributed by atoms with Gasteiger partial charge in [0.1, 0.15) is 10.8 Å². The largest absolute Gasteiger partial charge is 0.348 e. The van der Waals surface area contributed by atoms with Crippen molar-refractivity contribution in [2.24, 2.45) is 5.92 Å². The third-order valence-corrected chi connectivity index (χ3v) is 5.69. The summed E-state index contributed by atoms with van der Waals surface area (Å²) in [4.78, 5) is 42.7. The van der Waals surface area contributed by atoms with Crippen molar-refractivity contribution in [1.29, 1.82) is 0 Å². The molecule has 158 valence electrons. The van der Waals surface area contributed by atoms with Crippen LogP contribution < -0.4 is 10.6 Å². The van der Waals surface area contributed by atoms with Crippen LogP contribution in [0.5, 0.6) is 0 Å². The van der Waals surface area contributed by atoms with Gasteiger partial charge in [-0.15, -0.1) is 11.8 Å². The zero-order valence-corrected chi connectivity index (χ0v) is 17.4. The molecule has 1 aliphatic heterocycles. The summed E-state index contributed by atoms with van der Waals surface area (Å²) < 4.78 is 13.6. The normalized spacial score (nSPS) is 14.3. The van der Waals surface area contributed by atoms with Crippen LogP contribution in [0.25, 0.3) is 0 Å². The third kappa shape index (κ3) is 5.35. The average Bonchev–Trinajstić information content (AvgIpc) is 2.78. The van der Waals surface area contributed by atoms with Crippen molar-refractivity contribution in [3.8, 4) is 0 Å². The lowest BCUT2D eigenvalue weighted by molar-refractivity contribution is -0.136. The number of carbonyl (C=O) groups is 3. The van der Waals surface area contributed by atoms with Gasteiger partial charge in [0.25, 0.3) is 5.91 Å². The van der Waals surface area contributed by atoms with Crippen molar-refractivity contribution in [3.63, 3.8) is 0 Å². The van der Waals surface area contributed by atoms with Crippen molar-refractivity contribution in [2.45, 2.75) is 17.9 Å². The highest BCUT2D eigenvalue weighted by molar-refractivity contribution is 7.98. The molecule has 0 atom stereocenters. The predicted molar refractivity (Wildman–Crippen MR) is 113 cm³/mol. The zero-order valence-electron chi connectivity index (χ0n) is 16.6. The summed E-state index contributed by atoms with van der Waals surface area (Å²) in [6.07, 6.45) is 4.99. The molecule has 1 aromatic heterocycles. The lowest BCUT2D eigenvalue weighted by Crippen LogP contribution is -2.43. The number of aromatic nitrogens is 1. The van der Waals surface area contributed by atoms with E-state index >= 15 is 0 Å². The number of pyridine rings is 1. The number of rotatable bonds is 5. The van der Waals surface area contributed by atoms with Gasteiger partial charge in [-0.05, 0) is 49.3 Å². The van der Waals surface area contributed by atoms with Crippen LogP contribution in [0.2, 0.25) is 0 Å². The fourth-order valence-electron chi connectivity index (χ4n) is 3.29. The van der Waals surface area contributed by atoms with Gasteiger partial charge < -0.3 is 15.5 Å². The molecule has 2 N–H and O–H groups in total. The van der Waals surface area contributed by atoms with Crippen LogP contribution >= 0.6 is 11.8 Å². The van der Waals surface area contributed by atoms with Crippen molar-refractivity contribution in [3.05, 3.63) is 54.0 Å². The lowest BCUT2D eigenvalue weighted by atomic mass is 9.96. The van der Waals surface area contributed by atoms with Crippen molar-refractivity contribution < 1.29 is 18.8 Å². The Morgan fingerprint density at radius 2 is 1.87 bits per heavy atom. The second-order valence-electron chi connectivity index (χ2n) is 6.94. The number of thioether (sulfide) groups is 1. The molecule has 1 saturated heterocycles. The number of para-hydroxylation sites is 1. The summed E-state index contributed by atoms with van der Waals surface area (Å²) in [7, 11) is 0. The van der Waals surface area contributed by atoms with E-state index in [1.54, 1.807) is 29.3 Å². The van der Waals surface area contributed by atoms with E-state index in [1.807, 2.05) is 6.26 Å². The molecule has 7 nitrogen and oxygen atoms in total. The Bertz CT molecular complexity index is 932. The van der Waals surface area contributed by atoms with E-state index < -0.39 is 17.6 Å². The molecule has 0 aliphatic carbocycles. The topological polar surface area (TPSA) is 91.4 Å². The standard InChI is InChI=1S/C21H23FN4O3S/c1-30-20-15(5-4-10-23-20)21(29)26-11-8-14(9-12-26)13-24-18(27)19(28)25-17-7-3-2-6-16(17)22/h2-7,10,14H,8-9,11-13H2,1H3,(H,24,27)(H,25,28). The van der Waals surface area contributed by atoms with Crippen LogP contribution in [0.3, 0.4) is 0 Å².